The SMILES string of the molecule is CCn1nc(C)cc1C1N=C(Cl)c2c([nH]c3c(OCCCN4CCOCC4)cc(C#N)cc23)N1. The van der Waals surface area contributed by atoms with Crippen molar-refractivity contribution in [2.75, 3.05) is 44.8 Å². The van der Waals surface area contributed by atoms with Gasteiger partial charge in [-0.25, -0.2) is 4.99 Å². The van der Waals surface area contributed by atoms with Crippen LogP contribution in [0.4, 0.5) is 5.82 Å². The van der Waals surface area contributed by atoms with Crippen molar-refractivity contribution in [3.05, 3.63) is 40.7 Å². The Labute approximate surface area is 203 Å². The van der Waals surface area contributed by atoms with Crippen molar-refractivity contribution in [2.45, 2.75) is 33.0 Å². The number of nitrogens with zero attached hydrogens (tertiary/aromatic N) is 5. The number of aliphatic imine (C=N–C) groups is 1. The van der Waals surface area contributed by atoms with Crippen LogP contribution in [0.5, 0.6) is 5.75 Å². The molecular weight excluding hydrogens is 454 g/mol. The largest absolute Gasteiger partial charge is 0.491 e. The van der Waals surface area contributed by atoms with E-state index in [1.807, 2.05) is 30.7 Å². The number of aryl methyl sites for hydroxylation is 2. The Hall–Kier alpha value is -3.06. The highest BCUT2D eigenvalue weighted by atomic mass is 35.5. The zero-order chi connectivity index (χ0) is 23.7. The van der Waals surface area contributed by atoms with E-state index in [0.717, 1.165) is 79.5 Å². The molecule has 2 aromatic heterocycles. The average Bonchev–Trinajstić information content (AvgIpc) is 3.42. The first-order chi connectivity index (χ1) is 16.6. The normalized spacial score (nSPS) is 18.3. The molecule has 0 bridgehead atoms. The van der Waals surface area contributed by atoms with Crippen molar-refractivity contribution in [1.82, 2.24) is 19.7 Å². The molecule has 1 fully saturated rings. The summed E-state index contributed by atoms with van der Waals surface area (Å²) < 4.78 is 13.5. The highest BCUT2D eigenvalue weighted by molar-refractivity contribution is 6.71. The lowest BCUT2D eigenvalue weighted by molar-refractivity contribution is 0.0358. The zero-order valence-corrected chi connectivity index (χ0v) is 20.2. The minimum absolute atomic E-state index is 0.359. The number of nitriles is 1. The Morgan fingerprint density at radius 1 is 1.29 bits per heavy atom. The minimum Gasteiger partial charge on any atom is -0.491 e. The number of hydrogen-bond acceptors (Lipinski definition) is 7. The first-order valence-corrected chi connectivity index (χ1v) is 12.0. The van der Waals surface area contributed by atoms with Gasteiger partial charge in [0.25, 0.3) is 0 Å². The summed E-state index contributed by atoms with van der Waals surface area (Å²) in [5.41, 5.74) is 3.95. The molecule has 10 heteroatoms. The molecule has 1 unspecified atom stereocenters. The Morgan fingerprint density at radius 2 is 2.12 bits per heavy atom. The van der Waals surface area contributed by atoms with E-state index in [4.69, 9.17) is 26.1 Å². The third kappa shape index (κ3) is 4.37. The average molecular weight is 482 g/mol. The number of ether oxygens (including phenoxy) is 2. The number of anilines is 1. The van der Waals surface area contributed by atoms with Gasteiger partial charge in [-0.15, -0.1) is 0 Å². The molecule has 3 aromatic rings. The van der Waals surface area contributed by atoms with Gasteiger partial charge in [0.2, 0.25) is 0 Å². The minimum atomic E-state index is -0.359. The summed E-state index contributed by atoms with van der Waals surface area (Å²) in [6.45, 7) is 9.74. The van der Waals surface area contributed by atoms with Crippen molar-refractivity contribution >= 4 is 33.5 Å². The number of aromatic amines is 1. The molecule has 2 aliphatic heterocycles. The van der Waals surface area contributed by atoms with Crippen LogP contribution in [0, 0.1) is 18.3 Å². The van der Waals surface area contributed by atoms with Crippen LogP contribution in [0.3, 0.4) is 0 Å². The molecule has 0 spiro atoms. The smallest absolute Gasteiger partial charge is 0.164 e. The van der Waals surface area contributed by atoms with Gasteiger partial charge in [-0.1, -0.05) is 11.6 Å². The number of morpholine rings is 1. The van der Waals surface area contributed by atoms with Crippen molar-refractivity contribution in [3.8, 4) is 11.8 Å². The van der Waals surface area contributed by atoms with Gasteiger partial charge >= 0.3 is 0 Å². The number of hydrogen-bond donors (Lipinski definition) is 2. The number of H-pyrrole nitrogens is 1. The lowest BCUT2D eigenvalue weighted by atomic mass is 10.1. The predicted molar refractivity (Wildman–Crippen MR) is 132 cm³/mol. The molecule has 0 aliphatic carbocycles. The Balaban J connectivity index is 1.41. The van der Waals surface area contributed by atoms with Crippen LogP contribution < -0.4 is 10.1 Å². The quantitative estimate of drug-likeness (QED) is 0.498. The van der Waals surface area contributed by atoms with E-state index in [2.05, 4.69) is 26.4 Å². The van der Waals surface area contributed by atoms with Crippen LogP contribution in [0.1, 0.15) is 42.0 Å². The molecule has 5 rings (SSSR count). The Bertz CT molecular complexity index is 1270. The van der Waals surface area contributed by atoms with E-state index in [1.165, 1.54) is 0 Å². The Morgan fingerprint density at radius 3 is 2.88 bits per heavy atom. The van der Waals surface area contributed by atoms with Gasteiger partial charge < -0.3 is 19.8 Å². The molecule has 0 amide bonds. The van der Waals surface area contributed by atoms with E-state index in [0.29, 0.717) is 23.1 Å². The number of halogens is 1. The fraction of sp³-hybridized carbons (Fsp3) is 0.458. The van der Waals surface area contributed by atoms with E-state index in [1.54, 1.807) is 6.07 Å². The van der Waals surface area contributed by atoms with Gasteiger partial charge in [-0.2, -0.15) is 10.4 Å². The van der Waals surface area contributed by atoms with Crippen LogP contribution in [-0.4, -0.2) is 64.3 Å². The van der Waals surface area contributed by atoms with Crippen LogP contribution in [0.2, 0.25) is 0 Å². The molecule has 0 radical (unpaired) electrons. The van der Waals surface area contributed by atoms with Crippen LogP contribution in [-0.2, 0) is 11.3 Å². The topological polar surface area (TPSA) is 103 Å². The van der Waals surface area contributed by atoms with E-state index in [-0.39, 0.29) is 6.17 Å². The van der Waals surface area contributed by atoms with Gasteiger partial charge in [0.15, 0.2) is 6.17 Å². The molecule has 0 saturated carbocycles. The van der Waals surface area contributed by atoms with Crippen molar-refractivity contribution in [2.24, 2.45) is 4.99 Å². The summed E-state index contributed by atoms with van der Waals surface area (Å²) in [7, 11) is 0. The molecule has 1 atom stereocenters. The van der Waals surface area contributed by atoms with E-state index in [9.17, 15) is 5.26 Å². The van der Waals surface area contributed by atoms with Gasteiger partial charge in [-0.05, 0) is 32.4 Å². The molecule has 9 nitrogen and oxygen atoms in total. The number of nitrogens with one attached hydrogen (secondary N) is 2. The number of rotatable bonds is 7. The summed E-state index contributed by atoms with van der Waals surface area (Å²) in [5, 5.41) is 18.8. The fourth-order valence-electron chi connectivity index (χ4n) is 4.59. The van der Waals surface area contributed by atoms with Gasteiger partial charge in [0.05, 0.1) is 53.9 Å². The summed E-state index contributed by atoms with van der Waals surface area (Å²) >= 11 is 6.70. The molecule has 2 aliphatic rings. The second-order valence-corrected chi connectivity index (χ2v) is 8.89. The lowest BCUT2D eigenvalue weighted by Crippen LogP contribution is -2.37. The summed E-state index contributed by atoms with van der Waals surface area (Å²) in [6, 6.07) is 7.85. The molecule has 1 aromatic carbocycles. The predicted octanol–water partition coefficient (Wildman–Crippen LogP) is 3.78. The summed E-state index contributed by atoms with van der Waals surface area (Å²) in [4.78, 5) is 10.5. The van der Waals surface area contributed by atoms with E-state index >= 15 is 0 Å². The van der Waals surface area contributed by atoms with Crippen LogP contribution >= 0.6 is 11.6 Å². The molecule has 2 N–H and O–H groups in total. The highest BCUT2D eigenvalue weighted by Crippen LogP contribution is 2.39. The van der Waals surface area contributed by atoms with Crippen LogP contribution in [0.25, 0.3) is 10.9 Å². The fourth-order valence-corrected chi connectivity index (χ4v) is 4.88. The standard InChI is InChI=1S/C24H28ClN7O2/c1-3-32-18(11-15(2)30-32)23-28-22(25)20-17-12-16(14-26)13-19(21(17)27-24(20)29-23)34-8-4-5-31-6-9-33-10-7-31/h11-13,23,27,29H,3-10H2,1-2H3. The summed E-state index contributed by atoms with van der Waals surface area (Å²) in [5.74, 6) is 1.40. The monoisotopic (exact) mass is 481 g/mol. The third-order valence-corrected chi connectivity index (χ3v) is 6.51. The lowest BCUT2D eigenvalue weighted by Gasteiger charge is -2.26. The second kappa shape index (κ2) is 9.66. The first kappa shape index (κ1) is 22.7. The van der Waals surface area contributed by atoms with Crippen molar-refractivity contribution in [1.29, 1.82) is 5.26 Å². The molecular formula is C24H28ClN7O2. The second-order valence-electron chi connectivity index (χ2n) is 8.53. The zero-order valence-electron chi connectivity index (χ0n) is 19.4. The molecule has 4 heterocycles. The van der Waals surface area contributed by atoms with Gasteiger partial charge in [-0.3, -0.25) is 9.58 Å². The highest BCUT2D eigenvalue weighted by Gasteiger charge is 2.28. The van der Waals surface area contributed by atoms with Crippen molar-refractivity contribution in [3.63, 3.8) is 0 Å². The maximum Gasteiger partial charge on any atom is 0.164 e. The maximum absolute atomic E-state index is 9.60. The molecule has 34 heavy (non-hydrogen) atoms. The number of benzene rings is 1. The van der Waals surface area contributed by atoms with Gasteiger partial charge in [0.1, 0.15) is 16.7 Å². The molecule has 1 saturated heterocycles. The number of fused-ring (bicyclic) bond motifs is 3. The maximum atomic E-state index is 9.60. The van der Waals surface area contributed by atoms with E-state index < -0.39 is 0 Å². The number of aromatic nitrogens is 3. The molecule has 178 valence electrons. The van der Waals surface area contributed by atoms with Crippen LogP contribution in [0.15, 0.2) is 23.2 Å². The van der Waals surface area contributed by atoms with Crippen molar-refractivity contribution < 1.29 is 9.47 Å². The first-order valence-electron chi connectivity index (χ1n) is 11.6. The summed E-state index contributed by atoms with van der Waals surface area (Å²) in [6.07, 6.45) is 0.532. The third-order valence-electron chi connectivity index (χ3n) is 6.22. The Kier molecular flexibility index (Phi) is 6.46. The van der Waals surface area contributed by atoms with Gasteiger partial charge in [0, 0.05) is 37.6 Å².